The molecule has 1 heterocycles. The molecule has 1 aliphatic rings. The zero-order chi connectivity index (χ0) is 15.4. The van der Waals surface area contributed by atoms with Gasteiger partial charge in [-0.1, -0.05) is 30.3 Å². The van der Waals surface area contributed by atoms with Crippen molar-refractivity contribution in [2.45, 2.75) is 18.9 Å². The van der Waals surface area contributed by atoms with E-state index in [0.717, 1.165) is 18.4 Å². The Kier molecular flexibility index (Phi) is 3.97. The number of nitrogens with one attached hydrogen (secondary N) is 1. The van der Waals surface area contributed by atoms with Crippen molar-refractivity contribution in [3.8, 4) is 6.07 Å². The van der Waals surface area contributed by atoms with Crippen LogP contribution in [0.4, 0.5) is 0 Å². The number of hydrogen-bond donors (Lipinski definition) is 1. The largest absolute Gasteiger partial charge is 0.345 e. The predicted octanol–water partition coefficient (Wildman–Crippen LogP) is 2.24. The molecule has 1 aromatic carbocycles. The van der Waals surface area contributed by atoms with Gasteiger partial charge in [0, 0.05) is 5.27 Å². The molecule has 3 rings (SSSR count). The molecule has 0 bridgehead atoms. The molecule has 6 heteroatoms. The van der Waals surface area contributed by atoms with E-state index < -0.39 is 5.91 Å². The molecule has 6 nitrogen and oxygen atoms in total. The van der Waals surface area contributed by atoms with Crippen LogP contribution < -0.4 is 5.32 Å². The van der Waals surface area contributed by atoms with Gasteiger partial charge in [-0.15, -0.1) is 5.10 Å². The van der Waals surface area contributed by atoms with Gasteiger partial charge in [0.25, 0.3) is 5.91 Å². The van der Waals surface area contributed by atoms with Crippen molar-refractivity contribution in [2.24, 2.45) is 5.92 Å². The topological polar surface area (TPSA) is 91.8 Å². The maximum atomic E-state index is 12.3. The molecule has 22 heavy (non-hydrogen) atoms. The quantitative estimate of drug-likeness (QED) is 0.674. The molecule has 0 saturated heterocycles. The average molecular weight is 294 g/mol. The van der Waals surface area contributed by atoms with Crippen LogP contribution in [-0.2, 0) is 4.79 Å². The first-order valence-electron chi connectivity index (χ1n) is 7.02. The van der Waals surface area contributed by atoms with E-state index in [0.29, 0.717) is 11.6 Å². The molecular weight excluding hydrogens is 280 g/mol. The third kappa shape index (κ3) is 3.20. The highest BCUT2D eigenvalue weighted by Crippen LogP contribution is 2.41. The summed E-state index contributed by atoms with van der Waals surface area (Å²) in [6.07, 6.45) is 4.80. The minimum absolute atomic E-state index is 0.0164. The van der Waals surface area contributed by atoms with E-state index in [4.69, 9.17) is 0 Å². The second-order valence-corrected chi connectivity index (χ2v) is 5.20. The van der Waals surface area contributed by atoms with E-state index in [2.05, 4.69) is 20.2 Å². The molecule has 0 spiro atoms. The molecule has 1 fully saturated rings. The van der Waals surface area contributed by atoms with Gasteiger partial charge in [-0.2, -0.15) is 5.26 Å². The minimum Gasteiger partial charge on any atom is -0.345 e. The summed E-state index contributed by atoms with van der Waals surface area (Å²) in [6, 6.07) is 11.6. The Balaban J connectivity index is 1.78. The Labute approximate surface area is 127 Å². The molecule has 1 atom stereocenters. The zero-order valence-electron chi connectivity index (χ0n) is 11.8. The highest BCUT2D eigenvalue weighted by molar-refractivity contribution is 6.01. The molecule has 1 aliphatic carbocycles. The van der Waals surface area contributed by atoms with Gasteiger partial charge in [-0.05, 0) is 30.4 Å². The number of nitrogens with zero attached hydrogens (tertiary/aromatic N) is 3. The number of carbonyl (C=O) groups is 1. The van der Waals surface area contributed by atoms with E-state index in [1.54, 1.807) is 0 Å². The third-order valence-electron chi connectivity index (χ3n) is 3.57. The summed E-state index contributed by atoms with van der Waals surface area (Å²) >= 11 is 0. The van der Waals surface area contributed by atoms with E-state index in [1.165, 1.54) is 12.3 Å². The molecule has 1 amide bonds. The summed E-state index contributed by atoms with van der Waals surface area (Å²) in [5.74, 6) is 0.0197. The SMILES string of the molecule is N#CC(=Cc1conn1)C(=O)NC(c1ccccc1)C1CC1. The highest BCUT2D eigenvalue weighted by Gasteiger charge is 2.33. The number of rotatable bonds is 5. The Bertz CT molecular complexity index is 712. The summed E-state index contributed by atoms with van der Waals surface area (Å²) in [7, 11) is 0. The Morgan fingerprint density at radius 3 is 2.77 bits per heavy atom. The number of hydrogen-bond acceptors (Lipinski definition) is 5. The number of carbonyl (C=O) groups excluding carboxylic acids is 1. The number of amides is 1. The van der Waals surface area contributed by atoms with Crippen LogP contribution in [-0.4, -0.2) is 16.3 Å². The molecule has 2 aromatic rings. The van der Waals surface area contributed by atoms with Crippen LogP contribution in [0.5, 0.6) is 0 Å². The molecule has 0 radical (unpaired) electrons. The predicted molar refractivity (Wildman–Crippen MR) is 77.9 cm³/mol. The zero-order valence-corrected chi connectivity index (χ0v) is 11.8. The number of nitriles is 1. The summed E-state index contributed by atoms with van der Waals surface area (Å²) in [6.45, 7) is 0. The first-order chi connectivity index (χ1) is 10.8. The first-order valence-corrected chi connectivity index (χ1v) is 7.02. The number of aromatic nitrogens is 2. The molecule has 110 valence electrons. The van der Waals surface area contributed by atoms with Crippen LogP contribution in [0, 0.1) is 17.2 Å². The minimum atomic E-state index is -0.411. The average Bonchev–Trinajstić information content (AvgIpc) is 3.27. The van der Waals surface area contributed by atoms with E-state index in [1.807, 2.05) is 36.4 Å². The maximum Gasteiger partial charge on any atom is 0.262 e. The van der Waals surface area contributed by atoms with Gasteiger partial charge in [-0.3, -0.25) is 4.79 Å². The lowest BCUT2D eigenvalue weighted by molar-refractivity contribution is -0.117. The fourth-order valence-corrected chi connectivity index (χ4v) is 2.31. The van der Waals surface area contributed by atoms with Crippen molar-refractivity contribution in [1.29, 1.82) is 5.26 Å². The molecule has 1 saturated carbocycles. The van der Waals surface area contributed by atoms with Gasteiger partial charge in [0.15, 0.2) is 6.26 Å². The van der Waals surface area contributed by atoms with Crippen molar-refractivity contribution in [1.82, 2.24) is 15.7 Å². The van der Waals surface area contributed by atoms with Crippen LogP contribution in [0.1, 0.15) is 30.1 Å². The standard InChI is InChI=1S/C16H14N4O2/c17-9-13(8-14-10-22-20-19-14)16(21)18-15(12-6-7-12)11-4-2-1-3-5-11/h1-5,8,10,12,15H,6-7H2,(H,18,21). The van der Waals surface area contributed by atoms with Crippen molar-refractivity contribution >= 4 is 12.0 Å². The molecule has 1 unspecified atom stereocenters. The van der Waals surface area contributed by atoms with Gasteiger partial charge in [0.1, 0.15) is 17.3 Å². The fourth-order valence-electron chi connectivity index (χ4n) is 2.31. The first kappa shape index (κ1) is 14.0. The second kappa shape index (κ2) is 6.22. The maximum absolute atomic E-state index is 12.3. The third-order valence-corrected chi connectivity index (χ3v) is 3.57. The van der Waals surface area contributed by atoms with Gasteiger partial charge < -0.3 is 9.84 Å². The lowest BCUT2D eigenvalue weighted by Gasteiger charge is -2.18. The van der Waals surface area contributed by atoms with Gasteiger partial charge in [-0.25, -0.2) is 0 Å². The normalized spacial score (nSPS) is 15.9. The molecular formula is C16H14N4O2. The lowest BCUT2D eigenvalue weighted by atomic mass is 10.0. The monoisotopic (exact) mass is 294 g/mol. The highest BCUT2D eigenvalue weighted by atomic mass is 16.5. The Morgan fingerprint density at radius 1 is 1.41 bits per heavy atom. The van der Waals surface area contributed by atoms with Crippen molar-refractivity contribution < 1.29 is 9.32 Å². The molecule has 1 aromatic heterocycles. The van der Waals surface area contributed by atoms with E-state index >= 15 is 0 Å². The van der Waals surface area contributed by atoms with Gasteiger partial charge >= 0.3 is 0 Å². The summed E-state index contributed by atoms with van der Waals surface area (Å²) in [5.41, 5.74) is 1.38. The van der Waals surface area contributed by atoms with Gasteiger partial charge in [0.05, 0.1) is 6.04 Å². The van der Waals surface area contributed by atoms with Crippen molar-refractivity contribution in [3.05, 3.63) is 53.4 Å². The van der Waals surface area contributed by atoms with Crippen LogP contribution in [0.3, 0.4) is 0 Å². The summed E-state index contributed by atoms with van der Waals surface area (Å²) in [5, 5.41) is 19.1. The van der Waals surface area contributed by atoms with Gasteiger partial charge in [0.2, 0.25) is 0 Å². The fraction of sp³-hybridized carbons (Fsp3) is 0.250. The molecule has 0 aliphatic heterocycles. The van der Waals surface area contributed by atoms with Crippen molar-refractivity contribution in [2.75, 3.05) is 0 Å². The number of benzene rings is 1. The Hall–Kier alpha value is -2.94. The summed E-state index contributed by atoms with van der Waals surface area (Å²) in [4.78, 5) is 12.3. The lowest BCUT2D eigenvalue weighted by Crippen LogP contribution is -2.30. The van der Waals surface area contributed by atoms with Crippen LogP contribution in [0.15, 0.2) is 46.7 Å². The van der Waals surface area contributed by atoms with Crippen LogP contribution >= 0.6 is 0 Å². The smallest absolute Gasteiger partial charge is 0.262 e. The van der Waals surface area contributed by atoms with Crippen LogP contribution in [0.2, 0.25) is 0 Å². The summed E-state index contributed by atoms with van der Waals surface area (Å²) < 4.78 is 4.59. The second-order valence-electron chi connectivity index (χ2n) is 5.20. The van der Waals surface area contributed by atoms with E-state index in [-0.39, 0.29) is 11.6 Å². The van der Waals surface area contributed by atoms with Crippen molar-refractivity contribution in [3.63, 3.8) is 0 Å². The Morgan fingerprint density at radius 2 is 2.18 bits per heavy atom. The van der Waals surface area contributed by atoms with Crippen LogP contribution in [0.25, 0.3) is 6.08 Å². The van der Waals surface area contributed by atoms with E-state index in [9.17, 15) is 10.1 Å². The molecule has 1 N–H and O–H groups in total.